The largest absolute Gasteiger partial charge is 0.387 e. The van der Waals surface area contributed by atoms with E-state index in [2.05, 4.69) is 17.9 Å². The summed E-state index contributed by atoms with van der Waals surface area (Å²) in [4.78, 5) is 2.12. The molecule has 2 unspecified atom stereocenters. The number of hydrogen-bond donors (Lipinski definition) is 1. The highest BCUT2D eigenvalue weighted by Gasteiger charge is 2.40. The monoisotopic (exact) mass is 297 g/mol. The molecule has 0 spiro atoms. The van der Waals surface area contributed by atoms with Crippen LogP contribution >= 0.6 is 0 Å². The quantitative estimate of drug-likeness (QED) is 0.486. The van der Waals surface area contributed by atoms with Gasteiger partial charge in [-0.1, -0.05) is 57.6 Å². The number of likely N-dealkylation sites (N-methyl/N-ethyl adjacent to an activating group) is 1. The van der Waals surface area contributed by atoms with Crippen LogP contribution < -0.4 is 0 Å². The molecule has 0 aromatic carbocycles. The van der Waals surface area contributed by atoms with Crippen molar-refractivity contribution in [1.82, 2.24) is 4.90 Å². The molecule has 1 saturated heterocycles. The molecule has 3 nitrogen and oxygen atoms in total. The highest BCUT2D eigenvalue weighted by molar-refractivity contribution is 4.99. The topological polar surface area (TPSA) is 32.7 Å². The second-order valence-electron chi connectivity index (χ2n) is 6.76. The molecule has 0 bridgehead atoms. The minimum Gasteiger partial charge on any atom is -0.387 e. The molecule has 0 aromatic rings. The molecule has 1 N–H and O–H groups in total. The maximum atomic E-state index is 10.2. The van der Waals surface area contributed by atoms with E-state index in [1.165, 1.54) is 44.9 Å². The molecule has 1 aliphatic rings. The number of rotatable bonds is 10. The minimum atomic E-state index is -0.429. The number of nitrogens with zero attached hydrogens (tertiary/aromatic N) is 1. The summed E-state index contributed by atoms with van der Waals surface area (Å²) in [6.45, 7) is 6.94. The van der Waals surface area contributed by atoms with Crippen LogP contribution in [0, 0.1) is 0 Å². The van der Waals surface area contributed by atoms with Crippen LogP contribution in [0.15, 0.2) is 12.2 Å². The Balaban J connectivity index is 2.11. The van der Waals surface area contributed by atoms with Crippen LogP contribution in [-0.2, 0) is 4.74 Å². The van der Waals surface area contributed by atoms with E-state index in [1.54, 1.807) is 0 Å². The zero-order chi connectivity index (χ0) is 15.7. The van der Waals surface area contributed by atoms with Crippen LogP contribution in [-0.4, -0.2) is 41.5 Å². The van der Waals surface area contributed by atoms with E-state index in [9.17, 15) is 5.11 Å². The molecule has 0 radical (unpaired) electrons. The Labute approximate surface area is 131 Å². The number of aliphatic hydroxyl groups excluding tert-OH is 1. The van der Waals surface area contributed by atoms with Crippen molar-refractivity contribution in [2.45, 2.75) is 90.0 Å². The van der Waals surface area contributed by atoms with Crippen molar-refractivity contribution in [3.63, 3.8) is 0 Å². The van der Waals surface area contributed by atoms with Gasteiger partial charge in [-0.2, -0.15) is 0 Å². The maximum Gasteiger partial charge on any atom is 0.116 e. The average molecular weight is 297 g/mol. The molecule has 1 heterocycles. The van der Waals surface area contributed by atoms with Gasteiger partial charge in [-0.15, -0.1) is 0 Å². The molecule has 124 valence electrons. The van der Waals surface area contributed by atoms with Gasteiger partial charge in [0.05, 0.1) is 18.8 Å². The zero-order valence-corrected chi connectivity index (χ0v) is 14.5. The van der Waals surface area contributed by atoms with Crippen LogP contribution in [0.4, 0.5) is 0 Å². The van der Waals surface area contributed by atoms with Crippen molar-refractivity contribution in [2.24, 2.45) is 0 Å². The Morgan fingerprint density at radius 3 is 2.38 bits per heavy atom. The first kappa shape index (κ1) is 18.7. The molecule has 0 amide bonds. The average Bonchev–Trinajstić information content (AvgIpc) is 2.71. The van der Waals surface area contributed by atoms with Crippen molar-refractivity contribution >= 4 is 0 Å². The Morgan fingerprint density at radius 1 is 1.19 bits per heavy atom. The first-order valence-corrected chi connectivity index (χ1v) is 8.70. The van der Waals surface area contributed by atoms with E-state index >= 15 is 0 Å². The maximum absolute atomic E-state index is 10.2. The van der Waals surface area contributed by atoms with Gasteiger partial charge in [-0.3, -0.25) is 4.90 Å². The Kier molecular flexibility index (Phi) is 8.53. The summed E-state index contributed by atoms with van der Waals surface area (Å²) in [5.41, 5.74) is -0.266. The van der Waals surface area contributed by atoms with E-state index < -0.39 is 6.10 Å². The summed E-state index contributed by atoms with van der Waals surface area (Å²) in [6.07, 6.45) is 14.1. The highest BCUT2D eigenvalue weighted by atomic mass is 16.5. The molecular weight excluding hydrogens is 262 g/mol. The third-order valence-electron chi connectivity index (χ3n) is 4.66. The SMILES string of the molecule is CCCCCCCCC/C=C/C(O)C1COC(C)(C)N1C. The lowest BCUT2D eigenvalue weighted by Gasteiger charge is -2.30. The second kappa shape index (κ2) is 9.60. The van der Waals surface area contributed by atoms with E-state index in [0.717, 1.165) is 6.42 Å². The number of unbranched alkanes of at least 4 members (excludes halogenated alkanes) is 7. The standard InChI is InChI=1S/C18H35NO2/c1-5-6-7-8-9-10-11-12-13-14-17(20)16-15-21-18(2,3)19(16)4/h13-14,16-17,20H,5-12,15H2,1-4H3/b14-13+. The smallest absolute Gasteiger partial charge is 0.116 e. The van der Waals surface area contributed by atoms with Crippen molar-refractivity contribution in [2.75, 3.05) is 13.7 Å². The Bertz CT molecular complexity index is 302. The summed E-state index contributed by atoms with van der Waals surface area (Å²) in [6, 6.07) is 0.0743. The van der Waals surface area contributed by atoms with Gasteiger partial charge in [0.1, 0.15) is 5.72 Å². The van der Waals surface area contributed by atoms with Crippen molar-refractivity contribution in [1.29, 1.82) is 0 Å². The molecule has 21 heavy (non-hydrogen) atoms. The molecule has 3 heteroatoms. The van der Waals surface area contributed by atoms with Crippen molar-refractivity contribution < 1.29 is 9.84 Å². The van der Waals surface area contributed by atoms with E-state index in [1.807, 2.05) is 27.0 Å². The van der Waals surface area contributed by atoms with E-state index in [-0.39, 0.29) is 11.8 Å². The summed E-state index contributed by atoms with van der Waals surface area (Å²) in [7, 11) is 2.02. The molecule has 2 atom stereocenters. The molecular formula is C18H35NO2. The fourth-order valence-electron chi connectivity index (χ4n) is 2.81. The van der Waals surface area contributed by atoms with E-state index in [0.29, 0.717) is 6.61 Å². The predicted octanol–water partition coefficient (Wildman–Crippen LogP) is 4.11. The van der Waals surface area contributed by atoms with Gasteiger partial charge in [0.15, 0.2) is 0 Å². The van der Waals surface area contributed by atoms with Gasteiger partial charge < -0.3 is 9.84 Å². The van der Waals surface area contributed by atoms with Crippen LogP contribution in [0.1, 0.15) is 72.1 Å². The lowest BCUT2D eigenvalue weighted by Crippen LogP contribution is -2.45. The molecule has 0 aromatic heterocycles. The number of aliphatic hydroxyl groups is 1. The molecule has 1 fully saturated rings. The predicted molar refractivity (Wildman–Crippen MR) is 89.3 cm³/mol. The summed E-state index contributed by atoms with van der Waals surface area (Å²) < 4.78 is 5.71. The van der Waals surface area contributed by atoms with Gasteiger partial charge in [0, 0.05) is 0 Å². The molecule has 1 aliphatic heterocycles. The van der Waals surface area contributed by atoms with Gasteiger partial charge in [-0.05, 0) is 33.7 Å². The second-order valence-corrected chi connectivity index (χ2v) is 6.76. The Hall–Kier alpha value is -0.380. The highest BCUT2D eigenvalue weighted by Crippen LogP contribution is 2.27. The van der Waals surface area contributed by atoms with Crippen LogP contribution in [0.25, 0.3) is 0 Å². The number of allylic oxidation sites excluding steroid dienone is 1. The van der Waals surface area contributed by atoms with E-state index in [4.69, 9.17) is 4.74 Å². The third-order valence-corrected chi connectivity index (χ3v) is 4.66. The zero-order valence-electron chi connectivity index (χ0n) is 14.5. The first-order valence-electron chi connectivity index (χ1n) is 8.70. The number of ether oxygens (including phenoxy) is 1. The van der Waals surface area contributed by atoms with Gasteiger partial charge >= 0.3 is 0 Å². The van der Waals surface area contributed by atoms with Gasteiger partial charge in [0.2, 0.25) is 0 Å². The lowest BCUT2D eigenvalue weighted by molar-refractivity contribution is -0.0444. The fraction of sp³-hybridized carbons (Fsp3) is 0.889. The van der Waals surface area contributed by atoms with Crippen LogP contribution in [0.5, 0.6) is 0 Å². The molecule has 0 aliphatic carbocycles. The molecule has 0 saturated carbocycles. The van der Waals surface area contributed by atoms with Gasteiger partial charge in [-0.25, -0.2) is 0 Å². The Morgan fingerprint density at radius 2 is 1.81 bits per heavy atom. The summed E-state index contributed by atoms with van der Waals surface area (Å²) in [5, 5.41) is 10.2. The normalized spacial score (nSPS) is 24.0. The minimum absolute atomic E-state index is 0.0743. The first-order chi connectivity index (χ1) is 9.99. The third kappa shape index (κ3) is 6.50. The van der Waals surface area contributed by atoms with Gasteiger partial charge in [0.25, 0.3) is 0 Å². The summed E-state index contributed by atoms with van der Waals surface area (Å²) in [5.74, 6) is 0. The fourth-order valence-corrected chi connectivity index (χ4v) is 2.81. The number of hydrogen-bond acceptors (Lipinski definition) is 3. The summed E-state index contributed by atoms with van der Waals surface area (Å²) >= 11 is 0. The van der Waals surface area contributed by atoms with Crippen molar-refractivity contribution in [3.8, 4) is 0 Å². The molecule has 1 rings (SSSR count). The van der Waals surface area contributed by atoms with Crippen LogP contribution in [0.3, 0.4) is 0 Å². The lowest BCUT2D eigenvalue weighted by atomic mass is 10.1. The van der Waals surface area contributed by atoms with Crippen molar-refractivity contribution in [3.05, 3.63) is 12.2 Å². The van der Waals surface area contributed by atoms with Crippen LogP contribution in [0.2, 0.25) is 0 Å².